The molecule has 0 saturated heterocycles. The van der Waals surface area contributed by atoms with Crippen molar-refractivity contribution in [3.63, 3.8) is 0 Å². The van der Waals surface area contributed by atoms with Crippen molar-refractivity contribution in [3.05, 3.63) is 137 Å². The Balaban J connectivity index is 1.46. The summed E-state index contributed by atoms with van der Waals surface area (Å²) in [6.45, 7) is 3.91. The topological polar surface area (TPSA) is 104 Å². The van der Waals surface area contributed by atoms with E-state index >= 15 is 0 Å². The van der Waals surface area contributed by atoms with E-state index in [1.54, 1.807) is 32.2 Å². The van der Waals surface area contributed by atoms with Crippen molar-refractivity contribution < 1.29 is 37.1 Å². The van der Waals surface area contributed by atoms with Gasteiger partial charge in [-0.3, -0.25) is 24.0 Å². The average Bonchev–Trinajstić information content (AvgIpc) is 3.36. The minimum absolute atomic E-state index is 0.0273. The summed E-state index contributed by atoms with van der Waals surface area (Å²) in [6, 6.07) is 28.3. The molecule has 0 bridgehead atoms. The number of hydrogen-bond acceptors (Lipinski definition) is 8. The lowest BCUT2D eigenvalue weighted by Gasteiger charge is -2.23. The van der Waals surface area contributed by atoms with E-state index < -0.39 is 31.3 Å². The summed E-state index contributed by atoms with van der Waals surface area (Å²) in [6.07, 6.45) is 1.33. The average molecular weight is 683 g/mol. The molecule has 1 aliphatic heterocycles. The molecule has 9 nitrogen and oxygen atoms in total. The van der Waals surface area contributed by atoms with E-state index in [0.29, 0.717) is 16.5 Å². The first-order chi connectivity index (χ1) is 23.8. The molecule has 0 spiro atoms. The predicted molar refractivity (Wildman–Crippen MR) is 184 cm³/mol. The maximum absolute atomic E-state index is 14.4. The molecule has 1 aromatic heterocycles. The maximum atomic E-state index is 14.4. The monoisotopic (exact) mass is 682 g/mol. The van der Waals surface area contributed by atoms with Crippen molar-refractivity contribution in [2.45, 2.75) is 32.9 Å². The number of carbonyl (C=O) groups excluding carboxylic acids is 2. The zero-order chi connectivity index (χ0) is 34.4. The van der Waals surface area contributed by atoms with Crippen LogP contribution in [-0.4, -0.2) is 47.7 Å². The molecular formula is C38H36FN2O7P. The molecule has 0 atom stereocenters. The van der Waals surface area contributed by atoms with Crippen LogP contribution in [0.5, 0.6) is 11.5 Å². The Morgan fingerprint density at radius 2 is 1.37 bits per heavy atom. The van der Waals surface area contributed by atoms with Crippen molar-refractivity contribution in [1.82, 2.24) is 9.88 Å². The maximum Gasteiger partial charge on any atom is 0.330 e. The SMILES string of the molecule is CCOP(=O)(CCCOc1c2c(c(OC(c3ccccc3)c3ccccc3)c3ncccc13)C(=O)N(Cc1ccc(F)cc1)C2=O)OCC. The molecule has 0 unspecified atom stereocenters. The molecule has 4 aromatic carbocycles. The highest BCUT2D eigenvalue weighted by Gasteiger charge is 2.43. The molecule has 2 amide bonds. The van der Waals surface area contributed by atoms with E-state index in [1.807, 2.05) is 60.7 Å². The minimum atomic E-state index is -3.33. The molecule has 0 aliphatic carbocycles. The van der Waals surface area contributed by atoms with Crippen LogP contribution >= 0.6 is 7.60 Å². The fourth-order valence-corrected chi connectivity index (χ4v) is 7.53. The molecule has 0 fully saturated rings. The van der Waals surface area contributed by atoms with Crippen molar-refractivity contribution in [2.24, 2.45) is 0 Å². The van der Waals surface area contributed by atoms with Gasteiger partial charge in [-0.15, -0.1) is 0 Å². The van der Waals surface area contributed by atoms with Gasteiger partial charge in [-0.2, -0.15) is 0 Å². The number of fused-ring (bicyclic) bond motifs is 2. The van der Waals surface area contributed by atoms with Crippen molar-refractivity contribution in [2.75, 3.05) is 26.0 Å². The van der Waals surface area contributed by atoms with E-state index in [2.05, 4.69) is 4.98 Å². The third kappa shape index (κ3) is 7.27. The van der Waals surface area contributed by atoms with Gasteiger partial charge in [0.1, 0.15) is 28.8 Å². The van der Waals surface area contributed by atoms with Crippen LogP contribution in [0, 0.1) is 5.82 Å². The number of amides is 2. The van der Waals surface area contributed by atoms with Gasteiger partial charge in [-0.1, -0.05) is 72.8 Å². The highest BCUT2D eigenvalue weighted by Crippen LogP contribution is 2.49. The second-order valence-electron chi connectivity index (χ2n) is 11.3. The van der Waals surface area contributed by atoms with E-state index in [9.17, 15) is 18.5 Å². The summed E-state index contributed by atoms with van der Waals surface area (Å²) in [5.74, 6) is -1.29. The fourth-order valence-electron chi connectivity index (χ4n) is 5.89. The molecular weight excluding hydrogens is 646 g/mol. The molecule has 5 aromatic rings. The van der Waals surface area contributed by atoms with Crippen LogP contribution in [0.25, 0.3) is 10.9 Å². The number of aromatic nitrogens is 1. The Morgan fingerprint density at radius 3 is 1.96 bits per heavy atom. The smallest absolute Gasteiger partial charge is 0.330 e. The van der Waals surface area contributed by atoms with Crippen molar-refractivity contribution in [3.8, 4) is 11.5 Å². The van der Waals surface area contributed by atoms with Crippen LogP contribution in [0.4, 0.5) is 4.39 Å². The lowest BCUT2D eigenvalue weighted by molar-refractivity contribution is 0.0639. The Morgan fingerprint density at radius 1 is 0.776 bits per heavy atom. The first-order valence-corrected chi connectivity index (χ1v) is 17.9. The first-order valence-electron chi connectivity index (χ1n) is 16.2. The number of ether oxygens (including phenoxy) is 2. The molecule has 252 valence electrons. The van der Waals surface area contributed by atoms with Gasteiger partial charge in [0.2, 0.25) is 0 Å². The summed E-state index contributed by atoms with van der Waals surface area (Å²) in [5, 5.41) is 0.471. The van der Waals surface area contributed by atoms with Gasteiger partial charge in [0, 0.05) is 11.6 Å². The van der Waals surface area contributed by atoms with E-state index in [0.717, 1.165) is 16.0 Å². The first kappa shape index (κ1) is 34.0. The van der Waals surface area contributed by atoms with Gasteiger partial charge in [0.05, 0.1) is 38.1 Å². The van der Waals surface area contributed by atoms with Gasteiger partial charge in [-0.05, 0) is 61.2 Å². The normalized spacial score (nSPS) is 12.9. The van der Waals surface area contributed by atoms with E-state index in [-0.39, 0.29) is 61.6 Å². The summed E-state index contributed by atoms with van der Waals surface area (Å²) in [5.41, 5.74) is 2.64. The lowest BCUT2D eigenvalue weighted by Crippen LogP contribution is -2.29. The number of pyridine rings is 1. The third-order valence-electron chi connectivity index (χ3n) is 8.06. The molecule has 6 rings (SSSR count). The predicted octanol–water partition coefficient (Wildman–Crippen LogP) is 8.37. The highest BCUT2D eigenvalue weighted by molar-refractivity contribution is 7.53. The molecule has 0 saturated carbocycles. The lowest BCUT2D eigenvalue weighted by atomic mass is 9.99. The van der Waals surface area contributed by atoms with Crippen LogP contribution < -0.4 is 9.47 Å². The summed E-state index contributed by atoms with van der Waals surface area (Å²) in [4.78, 5) is 34.4. The second-order valence-corrected chi connectivity index (χ2v) is 13.5. The number of rotatable bonds is 15. The number of imide groups is 1. The standard InChI is InChI=1S/C38H36FN2O7P/c1-3-46-49(44,47-4-2)24-12-23-45-35-30-17-11-22-40-33(30)36(48-34(27-13-7-5-8-14-27)28-15-9-6-10-16-28)32-31(35)37(42)41(38(32)43)25-26-18-20-29(39)21-19-26/h5-11,13-22,34H,3-4,12,23-25H2,1-2H3. The Labute approximate surface area is 284 Å². The second kappa shape index (κ2) is 15.1. The zero-order valence-electron chi connectivity index (χ0n) is 27.2. The van der Waals surface area contributed by atoms with Crippen LogP contribution in [-0.2, 0) is 20.2 Å². The van der Waals surface area contributed by atoms with Crippen LogP contribution in [0.15, 0.2) is 103 Å². The zero-order valence-corrected chi connectivity index (χ0v) is 28.1. The number of nitrogens with zero attached hydrogens (tertiary/aromatic N) is 2. The quantitative estimate of drug-likeness (QED) is 0.0617. The third-order valence-corrected chi connectivity index (χ3v) is 10.2. The minimum Gasteiger partial charge on any atom is -0.492 e. The van der Waals surface area contributed by atoms with Crippen LogP contribution in [0.1, 0.15) is 63.8 Å². The molecule has 0 N–H and O–H groups in total. The highest BCUT2D eigenvalue weighted by atomic mass is 31.2. The molecule has 2 heterocycles. The van der Waals surface area contributed by atoms with Gasteiger partial charge in [0.15, 0.2) is 5.75 Å². The molecule has 0 radical (unpaired) electrons. The number of hydrogen-bond donors (Lipinski definition) is 0. The molecule has 49 heavy (non-hydrogen) atoms. The summed E-state index contributed by atoms with van der Waals surface area (Å²) in [7, 11) is -3.33. The van der Waals surface area contributed by atoms with Gasteiger partial charge >= 0.3 is 7.60 Å². The Kier molecular flexibility index (Phi) is 10.5. The van der Waals surface area contributed by atoms with Crippen LogP contribution in [0.3, 0.4) is 0 Å². The Hall–Kier alpha value is -4.89. The van der Waals surface area contributed by atoms with Crippen molar-refractivity contribution in [1.29, 1.82) is 0 Å². The van der Waals surface area contributed by atoms with Crippen LogP contribution in [0.2, 0.25) is 0 Å². The van der Waals surface area contributed by atoms with E-state index in [4.69, 9.17) is 18.5 Å². The number of benzene rings is 4. The van der Waals surface area contributed by atoms with E-state index in [1.165, 1.54) is 24.3 Å². The summed E-state index contributed by atoms with van der Waals surface area (Å²) >= 11 is 0. The summed E-state index contributed by atoms with van der Waals surface area (Å²) < 4.78 is 50.8. The fraction of sp³-hybridized carbons (Fsp3) is 0.237. The Bertz CT molecular complexity index is 1940. The van der Waals surface area contributed by atoms with Gasteiger partial charge < -0.3 is 18.5 Å². The molecule has 11 heteroatoms. The number of carbonyl (C=O) groups is 2. The van der Waals surface area contributed by atoms with Gasteiger partial charge in [0.25, 0.3) is 11.8 Å². The number of halogens is 1. The van der Waals surface area contributed by atoms with Gasteiger partial charge in [-0.25, -0.2) is 4.39 Å². The van der Waals surface area contributed by atoms with Crippen molar-refractivity contribution >= 4 is 30.3 Å². The largest absolute Gasteiger partial charge is 0.492 e. The molecule has 1 aliphatic rings.